The van der Waals surface area contributed by atoms with Gasteiger partial charge in [-0.1, -0.05) is 250 Å². The number of unbranched alkanes of at least 4 members (excludes halogenated alkanes) is 29. The van der Waals surface area contributed by atoms with Crippen molar-refractivity contribution in [3.8, 4) is 0 Å². The van der Waals surface area contributed by atoms with Gasteiger partial charge in [0, 0.05) is 0 Å². The number of hydrogen-bond acceptors (Lipinski definition) is 1. The minimum absolute atomic E-state index is 0.898. The van der Waals surface area contributed by atoms with E-state index in [1.807, 2.05) is 0 Å². The zero-order chi connectivity index (χ0) is 41.3. The van der Waals surface area contributed by atoms with Crippen molar-refractivity contribution >= 4 is 0 Å². The van der Waals surface area contributed by atoms with Crippen molar-refractivity contribution in [2.45, 2.75) is 284 Å². The number of aryl methyl sites for hydroxylation is 3. The van der Waals surface area contributed by atoms with E-state index in [0.29, 0.717) is 0 Å². The van der Waals surface area contributed by atoms with Gasteiger partial charge in [-0.2, -0.15) is 0 Å². The number of allylic oxidation sites excluding steroid dienone is 1. The van der Waals surface area contributed by atoms with Crippen LogP contribution in [0.3, 0.4) is 0 Å². The summed E-state index contributed by atoms with van der Waals surface area (Å²) in [6.45, 7) is 12.8. The Morgan fingerprint density at radius 1 is 0.439 bits per heavy atom. The van der Waals surface area contributed by atoms with Crippen LogP contribution in [0.25, 0.3) is 0 Å². The molecule has 1 rings (SSSR count). The van der Waals surface area contributed by atoms with Crippen molar-refractivity contribution in [2.75, 3.05) is 20.6 Å². The number of benzene rings is 1. The second kappa shape index (κ2) is 41.6. The smallest absolute Gasteiger partial charge is 0.00247 e. The molecule has 57 heavy (non-hydrogen) atoms. The van der Waals surface area contributed by atoms with Gasteiger partial charge in [0.15, 0.2) is 0 Å². The van der Waals surface area contributed by atoms with E-state index in [0.717, 1.165) is 5.92 Å². The van der Waals surface area contributed by atoms with Crippen LogP contribution in [0, 0.1) is 5.92 Å². The van der Waals surface area contributed by atoms with Crippen LogP contribution >= 0.6 is 0 Å². The third-order valence-corrected chi connectivity index (χ3v) is 13.1. The molecule has 0 spiro atoms. The highest BCUT2D eigenvalue weighted by atomic mass is 15.0. The SMILES string of the molecule is C=C(CCCCCCCCCc1ccc(CCCCCCCCCCCCCCCCC)c(CCCCN(C)C)c1)CC(CCCCCCC)CCCCCCC. The molecule has 1 nitrogen and oxygen atoms in total. The van der Waals surface area contributed by atoms with Crippen molar-refractivity contribution in [3.05, 3.63) is 47.0 Å². The van der Waals surface area contributed by atoms with Gasteiger partial charge in [0.25, 0.3) is 0 Å². The maximum atomic E-state index is 4.58. The van der Waals surface area contributed by atoms with Gasteiger partial charge in [0.2, 0.25) is 0 Å². The predicted octanol–water partition coefficient (Wildman–Crippen LogP) is 18.9. The number of hydrogen-bond donors (Lipinski definition) is 0. The summed E-state index contributed by atoms with van der Waals surface area (Å²) in [4.78, 5) is 2.34. The van der Waals surface area contributed by atoms with Crippen LogP contribution in [0.15, 0.2) is 30.4 Å². The largest absolute Gasteiger partial charge is 0.309 e. The van der Waals surface area contributed by atoms with E-state index in [4.69, 9.17) is 0 Å². The lowest BCUT2D eigenvalue weighted by molar-refractivity contribution is 0.394. The molecule has 0 atom stereocenters. The van der Waals surface area contributed by atoms with Gasteiger partial charge < -0.3 is 4.90 Å². The van der Waals surface area contributed by atoms with Crippen molar-refractivity contribution in [1.29, 1.82) is 0 Å². The summed E-state index contributed by atoms with van der Waals surface area (Å²) < 4.78 is 0. The van der Waals surface area contributed by atoms with Crippen molar-refractivity contribution in [3.63, 3.8) is 0 Å². The Morgan fingerprint density at radius 3 is 1.30 bits per heavy atom. The zero-order valence-electron chi connectivity index (χ0n) is 40.2. The lowest BCUT2D eigenvalue weighted by Crippen LogP contribution is -2.13. The van der Waals surface area contributed by atoms with Crippen molar-refractivity contribution in [2.24, 2.45) is 5.92 Å². The monoisotopic (exact) mass is 792 g/mol. The molecular weight excluding hydrogens is 687 g/mol. The quantitative estimate of drug-likeness (QED) is 0.0470. The van der Waals surface area contributed by atoms with Gasteiger partial charge in [0.1, 0.15) is 0 Å². The molecule has 0 heterocycles. The highest BCUT2D eigenvalue weighted by Crippen LogP contribution is 2.27. The van der Waals surface area contributed by atoms with E-state index >= 15 is 0 Å². The molecule has 0 aliphatic heterocycles. The molecule has 0 radical (unpaired) electrons. The van der Waals surface area contributed by atoms with Crippen molar-refractivity contribution in [1.82, 2.24) is 4.90 Å². The molecule has 0 aliphatic carbocycles. The molecule has 334 valence electrons. The fourth-order valence-corrected chi connectivity index (χ4v) is 9.26. The minimum atomic E-state index is 0.898. The van der Waals surface area contributed by atoms with Crippen molar-refractivity contribution < 1.29 is 0 Å². The highest BCUT2D eigenvalue weighted by Gasteiger charge is 2.11. The van der Waals surface area contributed by atoms with Crippen LogP contribution in [0.1, 0.15) is 281 Å². The van der Waals surface area contributed by atoms with Crippen LogP contribution in [0.2, 0.25) is 0 Å². The molecule has 0 saturated heterocycles. The average Bonchev–Trinajstić information content (AvgIpc) is 3.20. The van der Waals surface area contributed by atoms with Crippen LogP contribution in [0.5, 0.6) is 0 Å². The molecule has 1 heteroatoms. The van der Waals surface area contributed by atoms with Gasteiger partial charge in [-0.05, 0) is 107 Å². The zero-order valence-corrected chi connectivity index (χ0v) is 40.2. The molecular formula is C56H105N. The third-order valence-electron chi connectivity index (χ3n) is 13.1. The van der Waals surface area contributed by atoms with Gasteiger partial charge in [-0.25, -0.2) is 0 Å². The van der Waals surface area contributed by atoms with Crippen LogP contribution in [0.4, 0.5) is 0 Å². The molecule has 1 aromatic carbocycles. The molecule has 0 N–H and O–H groups in total. The third kappa shape index (κ3) is 35.4. The van der Waals surface area contributed by atoms with E-state index in [1.54, 1.807) is 22.3 Å². The molecule has 0 amide bonds. The lowest BCUT2D eigenvalue weighted by Gasteiger charge is -2.18. The average molecular weight is 792 g/mol. The minimum Gasteiger partial charge on any atom is -0.309 e. The predicted molar refractivity (Wildman–Crippen MR) is 261 cm³/mol. The Hall–Kier alpha value is -1.08. The second-order valence-corrected chi connectivity index (χ2v) is 19.3. The summed E-state index contributed by atoms with van der Waals surface area (Å²) in [7, 11) is 4.42. The fraction of sp³-hybridized carbons (Fsp3) is 0.857. The van der Waals surface area contributed by atoms with Gasteiger partial charge >= 0.3 is 0 Å². The summed E-state index contributed by atoms with van der Waals surface area (Å²) in [5.74, 6) is 0.898. The van der Waals surface area contributed by atoms with E-state index in [1.165, 1.54) is 270 Å². The summed E-state index contributed by atoms with van der Waals surface area (Å²) >= 11 is 0. The topological polar surface area (TPSA) is 3.24 Å². The Bertz CT molecular complexity index is 962. The Kier molecular flexibility index (Phi) is 39.4. The number of nitrogens with zero attached hydrogens (tertiary/aromatic N) is 1. The van der Waals surface area contributed by atoms with Gasteiger partial charge in [-0.3, -0.25) is 0 Å². The summed E-state index contributed by atoms with van der Waals surface area (Å²) in [5.41, 5.74) is 6.47. The Morgan fingerprint density at radius 2 is 0.825 bits per heavy atom. The number of rotatable bonds is 45. The van der Waals surface area contributed by atoms with E-state index < -0.39 is 0 Å². The molecule has 0 fully saturated rings. The lowest BCUT2D eigenvalue weighted by atomic mass is 9.87. The first-order valence-corrected chi connectivity index (χ1v) is 26.4. The summed E-state index contributed by atoms with van der Waals surface area (Å²) in [6, 6.07) is 7.63. The van der Waals surface area contributed by atoms with Crippen LogP contribution in [-0.2, 0) is 19.3 Å². The van der Waals surface area contributed by atoms with E-state index in [-0.39, 0.29) is 0 Å². The van der Waals surface area contributed by atoms with Gasteiger partial charge in [-0.15, -0.1) is 0 Å². The molecule has 0 saturated carbocycles. The Balaban J connectivity index is 2.28. The molecule has 0 aliphatic rings. The first kappa shape index (κ1) is 53.9. The summed E-state index contributed by atoms with van der Waals surface area (Å²) in [6.07, 6.45) is 57.5. The van der Waals surface area contributed by atoms with E-state index in [2.05, 4.69) is 64.5 Å². The fourth-order valence-electron chi connectivity index (χ4n) is 9.26. The maximum absolute atomic E-state index is 4.58. The van der Waals surface area contributed by atoms with Crippen LogP contribution < -0.4 is 0 Å². The van der Waals surface area contributed by atoms with Crippen LogP contribution in [-0.4, -0.2) is 25.5 Å². The standard InChI is InChI=1S/C56H105N/c1-7-10-13-16-17-18-19-20-21-22-23-24-28-33-38-45-55-48-47-54(51-56(55)46-39-40-49-57(5)6)44-37-32-27-25-26-31-34-41-52(4)50-53(42-35-29-14-11-8-2)43-36-30-15-12-9-3/h47-48,51,53H,4,7-46,49-50H2,1-3,5-6H3. The Labute approximate surface area is 361 Å². The normalized spacial score (nSPS) is 11.8. The molecule has 0 bridgehead atoms. The molecule has 1 aromatic rings. The first-order chi connectivity index (χ1) is 28.0. The molecule has 0 unspecified atom stereocenters. The highest BCUT2D eigenvalue weighted by molar-refractivity contribution is 5.32. The first-order valence-electron chi connectivity index (χ1n) is 26.4. The maximum Gasteiger partial charge on any atom is -0.00247 e. The summed E-state index contributed by atoms with van der Waals surface area (Å²) in [5, 5.41) is 0. The van der Waals surface area contributed by atoms with Gasteiger partial charge in [0.05, 0.1) is 0 Å². The second-order valence-electron chi connectivity index (χ2n) is 19.3. The molecule has 0 aromatic heterocycles. The van der Waals surface area contributed by atoms with E-state index in [9.17, 15) is 0 Å².